The summed E-state index contributed by atoms with van der Waals surface area (Å²) < 4.78 is 8.92. The molecule has 51 heavy (non-hydrogen) atoms. The summed E-state index contributed by atoms with van der Waals surface area (Å²) in [4.78, 5) is 45.2. The summed E-state index contributed by atoms with van der Waals surface area (Å²) in [6.07, 6.45) is 0.781. The largest absolute Gasteiger partial charge is 0.478 e. The lowest BCUT2D eigenvalue weighted by Gasteiger charge is -2.27. The van der Waals surface area contributed by atoms with Gasteiger partial charge in [0.15, 0.2) is 6.04 Å². The quantitative estimate of drug-likeness (QED) is 0.143. The molecule has 0 aliphatic rings. The Balaban J connectivity index is 0.000000819. The topological polar surface area (TPSA) is 226 Å². The number of aliphatic hydroxyl groups excluding tert-OH is 2. The van der Waals surface area contributed by atoms with Gasteiger partial charge in [-0.15, -0.1) is 0 Å². The molecule has 0 spiro atoms. The molecule has 272 valence electrons. The molecular weight excluding hydrogens is 660 g/mol. The Morgan fingerprint density at radius 2 is 1.12 bits per heavy atom. The van der Waals surface area contributed by atoms with Crippen LogP contribution in [0.2, 0.25) is 0 Å². The molecule has 0 saturated heterocycles. The van der Waals surface area contributed by atoms with Crippen molar-refractivity contribution in [1.29, 1.82) is 0 Å². The third-order valence-corrected chi connectivity index (χ3v) is 6.10. The smallest absolute Gasteiger partial charge is 0.335 e. The van der Waals surface area contributed by atoms with Gasteiger partial charge >= 0.3 is 17.9 Å². The minimum absolute atomic E-state index is 0.00426. The first-order valence-electron chi connectivity index (χ1n) is 15.2. The van der Waals surface area contributed by atoms with Crippen LogP contribution in [0.3, 0.4) is 0 Å². The number of hydrogen-bond acceptors (Lipinski definition) is 11. The summed E-state index contributed by atoms with van der Waals surface area (Å²) in [7, 11) is 2.41. The third kappa shape index (κ3) is 19.2. The van der Waals surface area contributed by atoms with Crippen molar-refractivity contribution in [3.8, 4) is 47.4 Å². The Hall–Kier alpha value is -5.64. The maximum absolute atomic E-state index is 12.3. The number of benzene rings is 2. The van der Waals surface area contributed by atoms with Gasteiger partial charge in [-0.05, 0) is 99.9 Å². The van der Waals surface area contributed by atoms with E-state index in [1.54, 1.807) is 36.4 Å². The van der Waals surface area contributed by atoms with Gasteiger partial charge in [-0.3, -0.25) is 9.59 Å². The Bertz CT molecular complexity index is 1690. The molecule has 2 atom stereocenters. The maximum atomic E-state index is 12.3. The first kappa shape index (κ1) is 45.4. The van der Waals surface area contributed by atoms with Crippen molar-refractivity contribution in [2.75, 3.05) is 27.4 Å². The summed E-state index contributed by atoms with van der Waals surface area (Å²) in [5.41, 5.74) is 4.52. The summed E-state index contributed by atoms with van der Waals surface area (Å²) >= 11 is 0. The molecule has 0 saturated carbocycles. The molecule has 2 aromatic carbocycles. The highest BCUT2D eigenvalue weighted by Gasteiger charge is 2.36. The van der Waals surface area contributed by atoms with E-state index in [-0.39, 0.29) is 18.8 Å². The van der Waals surface area contributed by atoms with Crippen molar-refractivity contribution in [2.24, 2.45) is 5.73 Å². The Morgan fingerprint density at radius 1 is 0.706 bits per heavy atom. The molecular formula is C38H44N2O11. The van der Waals surface area contributed by atoms with E-state index < -0.39 is 47.1 Å². The van der Waals surface area contributed by atoms with Crippen LogP contribution in [-0.4, -0.2) is 100 Å². The van der Waals surface area contributed by atoms with Crippen LogP contribution in [0, 0.1) is 47.4 Å². The Labute approximate surface area is 298 Å². The lowest BCUT2D eigenvalue weighted by atomic mass is 9.98. The molecule has 0 fully saturated rings. The summed E-state index contributed by atoms with van der Waals surface area (Å²) in [6, 6.07) is 10.5. The zero-order valence-corrected chi connectivity index (χ0v) is 29.4. The molecule has 0 heterocycles. The molecule has 2 aromatic rings. The second-order valence-corrected chi connectivity index (χ2v) is 11.2. The van der Waals surface area contributed by atoms with Crippen molar-refractivity contribution in [3.63, 3.8) is 0 Å². The van der Waals surface area contributed by atoms with Crippen LogP contribution in [0.4, 0.5) is 0 Å². The van der Waals surface area contributed by atoms with Gasteiger partial charge in [0, 0.05) is 29.5 Å². The number of carbonyl (C=O) groups excluding carboxylic acids is 3. The lowest BCUT2D eigenvalue weighted by molar-refractivity contribution is -0.149. The van der Waals surface area contributed by atoms with Crippen LogP contribution in [0.5, 0.6) is 0 Å². The summed E-state index contributed by atoms with van der Waals surface area (Å²) in [5, 5.41) is 47.4. The predicted molar refractivity (Wildman–Crippen MR) is 188 cm³/mol. The number of nitrogens with two attached hydrogens (primary N) is 1. The number of esters is 2. The van der Waals surface area contributed by atoms with Crippen LogP contribution in [0.15, 0.2) is 48.5 Å². The van der Waals surface area contributed by atoms with Gasteiger partial charge in [-0.1, -0.05) is 23.7 Å². The molecule has 0 aliphatic heterocycles. The standard InChI is InChI=1S/C19H21NO5.C13H10O3.C6H13NO3/c1-19(2,24)16(18(23)25-3)20-17(22)15-11-9-14(10-12-15)8-6-4-5-7-13-21;14-10-4-2-1-3-5-11-6-8-12(9-7-11)13(15)16;1-6(2,9)4(7)5(8)10-3/h9-12,16,21,24H,7,13H2,1-3H3,(H,20,22);6-9,14H,4,10H2,(H,15,16);4,9H,7H2,1-3H3/t16-;;4-/m1.1/s1. The number of carbonyl (C=O) groups is 4. The van der Waals surface area contributed by atoms with Crippen LogP contribution >= 0.6 is 0 Å². The molecule has 2 rings (SSSR count). The zero-order chi connectivity index (χ0) is 39.0. The van der Waals surface area contributed by atoms with Crippen molar-refractivity contribution >= 4 is 23.8 Å². The Morgan fingerprint density at radius 3 is 1.43 bits per heavy atom. The van der Waals surface area contributed by atoms with Crippen LogP contribution < -0.4 is 11.1 Å². The van der Waals surface area contributed by atoms with E-state index in [2.05, 4.69) is 62.2 Å². The second kappa shape index (κ2) is 23.7. The number of carboxylic acids is 1. The minimum Gasteiger partial charge on any atom is -0.478 e. The minimum atomic E-state index is -1.47. The molecule has 8 N–H and O–H groups in total. The molecule has 13 nitrogen and oxygen atoms in total. The van der Waals surface area contributed by atoms with E-state index in [0.29, 0.717) is 29.5 Å². The first-order chi connectivity index (χ1) is 23.9. The fourth-order valence-electron chi connectivity index (χ4n) is 3.20. The average Bonchev–Trinajstić information content (AvgIpc) is 3.09. The fourth-order valence-corrected chi connectivity index (χ4v) is 3.20. The summed E-state index contributed by atoms with van der Waals surface area (Å²) in [6.45, 7) is 5.75. The number of carboxylic acid groups (broad SMARTS) is 1. The fraction of sp³-hybridized carbons (Fsp3) is 0.368. The number of ether oxygens (including phenoxy) is 2. The average molecular weight is 705 g/mol. The number of nitrogens with one attached hydrogen (secondary N) is 1. The highest BCUT2D eigenvalue weighted by Crippen LogP contribution is 2.12. The van der Waals surface area contributed by atoms with Crippen molar-refractivity contribution < 1.29 is 54.2 Å². The monoisotopic (exact) mass is 704 g/mol. The van der Waals surface area contributed by atoms with Gasteiger partial charge in [0.05, 0.1) is 44.2 Å². The number of aliphatic hydroxyl groups is 4. The Kier molecular flexibility index (Phi) is 21.1. The first-order valence-corrected chi connectivity index (χ1v) is 15.2. The highest BCUT2D eigenvalue weighted by atomic mass is 16.5. The predicted octanol–water partition coefficient (Wildman–Crippen LogP) is 0.846. The van der Waals surface area contributed by atoms with E-state index >= 15 is 0 Å². The van der Waals surface area contributed by atoms with Crippen molar-refractivity contribution in [1.82, 2.24) is 5.32 Å². The molecule has 0 unspecified atom stereocenters. The lowest BCUT2D eigenvalue weighted by Crippen LogP contribution is -2.54. The number of methoxy groups -OCH3 is 2. The highest BCUT2D eigenvalue weighted by molar-refractivity contribution is 5.97. The maximum Gasteiger partial charge on any atom is 0.335 e. The van der Waals surface area contributed by atoms with E-state index in [1.807, 2.05) is 0 Å². The second-order valence-electron chi connectivity index (χ2n) is 11.2. The molecule has 0 aromatic heterocycles. The molecule has 1 amide bonds. The molecule has 0 aliphatic carbocycles. The van der Waals surface area contributed by atoms with E-state index in [1.165, 1.54) is 54.0 Å². The third-order valence-electron chi connectivity index (χ3n) is 6.10. The zero-order valence-electron chi connectivity index (χ0n) is 29.4. The van der Waals surface area contributed by atoms with Crippen molar-refractivity contribution in [3.05, 3.63) is 70.8 Å². The number of hydrogen-bond donors (Lipinski definition) is 7. The van der Waals surface area contributed by atoms with Crippen molar-refractivity contribution in [2.45, 2.75) is 63.8 Å². The number of amides is 1. The van der Waals surface area contributed by atoms with E-state index in [0.717, 1.165) is 0 Å². The van der Waals surface area contributed by atoms with Crippen LogP contribution in [0.25, 0.3) is 0 Å². The number of aromatic carboxylic acids is 1. The van der Waals surface area contributed by atoms with Gasteiger partial charge in [0.2, 0.25) is 0 Å². The van der Waals surface area contributed by atoms with Crippen LogP contribution in [-0.2, 0) is 19.1 Å². The van der Waals surface area contributed by atoms with E-state index in [9.17, 15) is 24.3 Å². The van der Waals surface area contributed by atoms with Crippen LogP contribution in [0.1, 0.15) is 72.4 Å². The summed E-state index contributed by atoms with van der Waals surface area (Å²) in [5.74, 6) is 18.6. The van der Waals surface area contributed by atoms with Gasteiger partial charge in [0.1, 0.15) is 6.04 Å². The normalized spacial score (nSPS) is 11.0. The SMILES string of the molecule is COC(=O)[C@@H](N)C(C)(C)O.COC(=O)[C@@H](NC(=O)c1ccc(C#CC#CCCO)cc1)C(C)(C)O.O=C(O)c1ccc(C#CC#CCCO)cc1. The number of rotatable bonds is 9. The van der Waals surface area contributed by atoms with E-state index in [4.69, 9.17) is 26.2 Å². The van der Waals surface area contributed by atoms with Gasteiger partial charge in [-0.2, -0.15) is 0 Å². The van der Waals surface area contributed by atoms with Gasteiger partial charge < -0.3 is 46.1 Å². The molecule has 13 heteroatoms. The molecule has 0 radical (unpaired) electrons. The molecule has 0 bridgehead atoms. The van der Waals surface area contributed by atoms with Gasteiger partial charge in [0.25, 0.3) is 5.91 Å². The van der Waals surface area contributed by atoms with Gasteiger partial charge in [-0.25, -0.2) is 9.59 Å².